The number of carbonyl (C=O) groups is 1. The van der Waals surface area contributed by atoms with E-state index in [0.717, 1.165) is 49.1 Å². The summed E-state index contributed by atoms with van der Waals surface area (Å²) in [4.78, 5) is 19.8. The molecule has 3 N–H and O–H groups in total. The number of methoxy groups -OCH3 is 3. The van der Waals surface area contributed by atoms with E-state index >= 15 is 0 Å². The molecule has 1 aliphatic heterocycles. The molecule has 9 nitrogen and oxygen atoms in total. The Balaban J connectivity index is 1.72. The molecule has 1 aliphatic rings. The van der Waals surface area contributed by atoms with Crippen molar-refractivity contribution in [3.63, 3.8) is 0 Å². The van der Waals surface area contributed by atoms with Gasteiger partial charge < -0.3 is 34.7 Å². The molecular formula is C25H33N5O4. The van der Waals surface area contributed by atoms with E-state index < -0.39 is 0 Å². The molecule has 34 heavy (non-hydrogen) atoms. The van der Waals surface area contributed by atoms with Crippen LogP contribution in [-0.2, 0) is 6.54 Å². The summed E-state index contributed by atoms with van der Waals surface area (Å²) < 4.78 is 18.5. The van der Waals surface area contributed by atoms with Crippen molar-refractivity contribution in [1.29, 1.82) is 0 Å². The van der Waals surface area contributed by atoms with Crippen molar-refractivity contribution < 1.29 is 19.0 Å². The van der Waals surface area contributed by atoms with Crippen LogP contribution < -0.4 is 25.3 Å². The number of fused-ring (bicyclic) bond motifs is 1. The highest BCUT2D eigenvalue weighted by atomic mass is 16.5. The summed E-state index contributed by atoms with van der Waals surface area (Å²) in [7, 11) is 4.74. The highest BCUT2D eigenvalue weighted by molar-refractivity contribution is 5.98. The smallest absolute Gasteiger partial charge is 0.253 e. The van der Waals surface area contributed by atoms with E-state index in [-0.39, 0.29) is 5.91 Å². The molecule has 9 heteroatoms. The van der Waals surface area contributed by atoms with Crippen LogP contribution in [0, 0.1) is 0 Å². The molecule has 1 amide bonds. The van der Waals surface area contributed by atoms with Crippen LogP contribution in [-0.4, -0.2) is 61.3 Å². The van der Waals surface area contributed by atoms with Gasteiger partial charge in [-0.2, -0.15) is 0 Å². The van der Waals surface area contributed by atoms with Crippen LogP contribution in [0.15, 0.2) is 30.3 Å². The number of rotatable bonds is 9. The van der Waals surface area contributed by atoms with Gasteiger partial charge in [0.15, 0.2) is 11.5 Å². The van der Waals surface area contributed by atoms with Gasteiger partial charge in [-0.05, 0) is 50.4 Å². The maximum absolute atomic E-state index is 13.1. The maximum atomic E-state index is 13.1. The van der Waals surface area contributed by atoms with Crippen LogP contribution in [0.1, 0.15) is 36.0 Å². The number of hydrogen-bond donors (Lipinski definition) is 2. The van der Waals surface area contributed by atoms with Gasteiger partial charge in [0.25, 0.3) is 5.91 Å². The van der Waals surface area contributed by atoms with Crippen LogP contribution in [0.4, 0.5) is 11.6 Å². The molecule has 1 saturated heterocycles. The lowest BCUT2D eigenvalue weighted by atomic mass is 10.1. The Morgan fingerprint density at radius 3 is 2.35 bits per heavy atom. The second-order valence-corrected chi connectivity index (χ2v) is 8.32. The Hall–Kier alpha value is -3.46. The predicted octanol–water partition coefficient (Wildman–Crippen LogP) is 3.78. The lowest BCUT2D eigenvalue weighted by molar-refractivity contribution is 0.0724. The van der Waals surface area contributed by atoms with Crippen molar-refractivity contribution in [1.82, 2.24) is 14.5 Å². The van der Waals surface area contributed by atoms with Crippen LogP contribution in [0.25, 0.3) is 11.0 Å². The third-order valence-corrected chi connectivity index (χ3v) is 6.15. The number of nitrogens with zero attached hydrogens (tertiary/aromatic N) is 3. The predicted molar refractivity (Wildman–Crippen MR) is 133 cm³/mol. The van der Waals surface area contributed by atoms with Gasteiger partial charge in [0.1, 0.15) is 0 Å². The van der Waals surface area contributed by atoms with E-state index in [0.29, 0.717) is 41.8 Å². The van der Waals surface area contributed by atoms with Gasteiger partial charge in [0.05, 0.1) is 32.4 Å². The topological polar surface area (TPSA) is 104 Å². The normalized spacial score (nSPS) is 13.7. The van der Waals surface area contributed by atoms with Crippen LogP contribution >= 0.6 is 0 Å². The van der Waals surface area contributed by atoms with Crippen LogP contribution in [0.2, 0.25) is 0 Å². The molecule has 182 valence electrons. The number of ether oxygens (including phenoxy) is 3. The fraction of sp³-hybridized carbons (Fsp3) is 0.440. The Bertz CT molecular complexity index is 1130. The number of piperidine rings is 1. The van der Waals surface area contributed by atoms with E-state index in [1.54, 1.807) is 21.3 Å². The standard InChI is InChI=1S/C25H33N5O4/c1-32-21-15-18(16-22(33-2)23(21)34-3)27-25-28-19-9-8-17(14-20(19)30(25)13-7-10-26)24(31)29-11-5-4-6-12-29/h8-9,14-16H,4-7,10-13,26H2,1-3H3,(H,27,28). The first kappa shape index (κ1) is 23.7. The van der Waals surface area contributed by atoms with E-state index in [2.05, 4.69) is 9.88 Å². The number of hydrogen-bond acceptors (Lipinski definition) is 7. The van der Waals surface area contributed by atoms with Gasteiger partial charge in [-0.3, -0.25) is 4.79 Å². The number of aryl methyl sites for hydroxylation is 1. The SMILES string of the molecule is COc1cc(Nc2nc3ccc(C(=O)N4CCCCC4)cc3n2CCCN)cc(OC)c1OC. The molecule has 0 aliphatic carbocycles. The van der Waals surface area contributed by atoms with Gasteiger partial charge in [0, 0.05) is 43.0 Å². The maximum Gasteiger partial charge on any atom is 0.253 e. The average molecular weight is 468 g/mol. The van der Waals surface area contributed by atoms with Crippen LogP contribution in [0.3, 0.4) is 0 Å². The summed E-state index contributed by atoms with van der Waals surface area (Å²) in [6.45, 7) is 2.85. The number of amides is 1. The van der Waals surface area contributed by atoms with Gasteiger partial charge in [-0.15, -0.1) is 0 Å². The summed E-state index contributed by atoms with van der Waals surface area (Å²) >= 11 is 0. The number of anilines is 2. The first-order chi connectivity index (χ1) is 16.6. The molecule has 2 aromatic carbocycles. The fourth-order valence-electron chi connectivity index (χ4n) is 4.39. The van der Waals surface area contributed by atoms with Crippen LogP contribution in [0.5, 0.6) is 17.2 Å². The summed E-state index contributed by atoms with van der Waals surface area (Å²) in [5.41, 5.74) is 8.94. The van der Waals surface area contributed by atoms with Crippen molar-refractivity contribution in [3.05, 3.63) is 35.9 Å². The molecule has 0 bridgehead atoms. The zero-order valence-corrected chi connectivity index (χ0v) is 20.1. The first-order valence-electron chi connectivity index (χ1n) is 11.7. The van der Waals surface area contributed by atoms with Crippen molar-refractivity contribution in [2.45, 2.75) is 32.2 Å². The zero-order chi connectivity index (χ0) is 24.1. The molecule has 0 saturated carbocycles. The van der Waals surface area contributed by atoms with Crippen molar-refractivity contribution in [2.24, 2.45) is 5.73 Å². The average Bonchev–Trinajstić information content (AvgIpc) is 3.22. The van der Waals surface area contributed by atoms with Crippen molar-refractivity contribution in [2.75, 3.05) is 46.3 Å². The highest BCUT2D eigenvalue weighted by Crippen LogP contribution is 2.40. The van der Waals surface area contributed by atoms with E-state index in [9.17, 15) is 4.79 Å². The largest absolute Gasteiger partial charge is 0.493 e. The molecule has 0 unspecified atom stereocenters. The summed E-state index contributed by atoms with van der Waals surface area (Å²) in [5.74, 6) is 2.34. The molecule has 0 atom stereocenters. The fourth-order valence-corrected chi connectivity index (χ4v) is 4.39. The van der Waals surface area contributed by atoms with E-state index in [1.807, 2.05) is 35.2 Å². The molecule has 2 heterocycles. The molecule has 1 aromatic heterocycles. The van der Waals surface area contributed by atoms with E-state index in [1.165, 1.54) is 6.42 Å². The number of benzene rings is 2. The zero-order valence-electron chi connectivity index (χ0n) is 20.1. The summed E-state index contributed by atoms with van der Waals surface area (Å²) in [6, 6.07) is 9.38. The van der Waals surface area contributed by atoms with Gasteiger partial charge in [-0.1, -0.05) is 0 Å². The number of likely N-dealkylation sites (tertiary alicyclic amines) is 1. The summed E-state index contributed by atoms with van der Waals surface area (Å²) in [6.07, 6.45) is 4.08. The molecular weight excluding hydrogens is 434 g/mol. The molecule has 0 spiro atoms. The van der Waals surface area contributed by atoms with E-state index in [4.69, 9.17) is 24.9 Å². The third-order valence-electron chi connectivity index (χ3n) is 6.15. The Labute approximate surface area is 199 Å². The highest BCUT2D eigenvalue weighted by Gasteiger charge is 2.21. The molecule has 4 rings (SSSR count). The Morgan fingerprint density at radius 1 is 1.03 bits per heavy atom. The Kier molecular flexibility index (Phi) is 7.42. The molecule has 1 fully saturated rings. The number of imidazole rings is 1. The monoisotopic (exact) mass is 467 g/mol. The lowest BCUT2D eigenvalue weighted by Gasteiger charge is -2.26. The van der Waals surface area contributed by atoms with Gasteiger partial charge >= 0.3 is 0 Å². The lowest BCUT2D eigenvalue weighted by Crippen LogP contribution is -2.35. The number of aromatic nitrogens is 2. The third kappa shape index (κ3) is 4.75. The molecule has 0 radical (unpaired) electrons. The Morgan fingerprint density at radius 2 is 1.74 bits per heavy atom. The first-order valence-corrected chi connectivity index (χ1v) is 11.7. The minimum absolute atomic E-state index is 0.0762. The second kappa shape index (κ2) is 10.6. The summed E-state index contributed by atoms with van der Waals surface area (Å²) in [5, 5.41) is 3.38. The second-order valence-electron chi connectivity index (χ2n) is 8.32. The number of nitrogens with one attached hydrogen (secondary N) is 1. The quantitative estimate of drug-likeness (QED) is 0.493. The van der Waals surface area contributed by atoms with Crippen molar-refractivity contribution >= 4 is 28.6 Å². The minimum atomic E-state index is 0.0762. The van der Waals surface area contributed by atoms with Crippen molar-refractivity contribution in [3.8, 4) is 17.2 Å². The minimum Gasteiger partial charge on any atom is -0.493 e. The molecule has 3 aromatic rings. The van der Waals surface area contributed by atoms with Gasteiger partial charge in [0.2, 0.25) is 11.7 Å². The number of nitrogens with two attached hydrogens (primary N) is 1. The number of carbonyl (C=O) groups excluding carboxylic acids is 1. The van der Waals surface area contributed by atoms with Gasteiger partial charge in [-0.25, -0.2) is 4.98 Å².